The van der Waals surface area contributed by atoms with Crippen molar-refractivity contribution in [3.8, 4) is 0 Å². The largest absolute Gasteiger partial charge is 0.387 e. The predicted molar refractivity (Wildman–Crippen MR) is 76.1 cm³/mol. The Hall–Kier alpha value is -0.890. The molecule has 0 aliphatic heterocycles. The lowest BCUT2D eigenvalue weighted by molar-refractivity contribution is 0.146. The first kappa shape index (κ1) is 18.5. The van der Waals surface area contributed by atoms with Gasteiger partial charge in [-0.05, 0) is 30.9 Å². The van der Waals surface area contributed by atoms with Crippen LogP contribution < -0.4 is 0 Å². The van der Waals surface area contributed by atoms with Crippen molar-refractivity contribution in [1.29, 1.82) is 0 Å². The molecule has 0 spiro atoms. The van der Waals surface area contributed by atoms with Crippen molar-refractivity contribution in [1.82, 2.24) is 4.98 Å². The molecule has 0 aromatic carbocycles. The second-order valence-electron chi connectivity index (χ2n) is 3.91. The molecule has 1 atom stereocenters. The Kier molecular flexibility index (Phi) is 12.6. The summed E-state index contributed by atoms with van der Waals surface area (Å²) in [6, 6.07) is 3.87. The van der Waals surface area contributed by atoms with E-state index in [1.54, 1.807) is 6.20 Å². The first-order valence-electron chi connectivity index (χ1n) is 6.70. The van der Waals surface area contributed by atoms with Gasteiger partial charge in [0.05, 0.1) is 11.8 Å². The second kappa shape index (κ2) is 11.6. The zero-order valence-electron chi connectivity index (χ0n) is 12.5. The van der Waals surface area contributed by atoms with Gasteiger partial charge >= 0.3 is 0 Å². The Morgan fingerprint density at radius 1 is 1.12 bits per heavy atom. The summed E-state index contributed by atoms with van der Waals surface area (Å²) in [5, 5.41) is 9.72. The molecule has 1 aromatic rings. The third kappa shape index (κ3) is 8.87. The van der Waals surface area contributed by atoms with Gasteiger partial charge in [0.1, 0.15) is 0 Å². The number of hydrogen-bond donors (Lipinski definition) is 1. The van der Waals surface area contributed by atoms with Gasteiger partial charge in [-0.15, -0.1) is 0 Å². The van der Waals surface area contributed by atoms with Gasteiger partial charge in [-0.25, -0.2) is 0 Å². The van der Waals surface area contributed by atoms with Crippen LogP contribution in [0.4, 0.5) is 0 Å². The van der Waals surface area contributed by atoms with Crippen LogP contribution in [0.5, 0.6) is 0 Å². The normalized spacial score (nSPS) is 10.9. The van der Waals surface area contributed by atoms with E-state index >= 15 is 0 Å². The van der Waals surface area contributed by atoms with Crippen LogP contribution in [0.2, 0.25) is 0 Å². The van der Waals surface area contributed by atoms with Gasteiger partial charge in [-0.3, -0.25) is 4.98 Å². The molecule has 1 aromatic heterocycles. The Morgan fingerprint density at radius 3 is 2.00 bits per heavy atom. The van der Waals surface area contributed by atoms with Crippen molar-refractivity contribution in [3.63, 3.8) is 0 Å². The van der Waals surface area contributed by atoms with Crippen LogP contribution in [-0.2, 0) is 0 Å². The number of pyridine rings is 1. The highest BCUT2D eigenvalue weighted by atomic mass is 16.3. The minimum absolute atomic E-state index is 0.416. The topological polar surface area (TPSA) is 33.1 Å². The summed E-state index contributed by atoms with van der Waals surface area (Å²) in [4.78, 5) is 4.18. The summed E-state index contributed by atoms with van der Waals surface area (Å²) in [7, 11) is 0. The molecule has 0 amide bonds. The molecule has 0 aliphatic rings. The lowest BCUT2D eigenvalue weighted by Crippen LogP contribution is -2.03. The molecule has 0 radical (unpaired) electrons. The van der Waals surface area contributed by atoms with Crippen LogP contribution in [0.3, 0.4) is 0 Å². The van der Waals surface area contributed by atoms with Crippen LogP contribution >= 0.6 is 0 Å². The fourth-order valence-corrected chi connectivity index (χ4v) is 1.24. The highest BCUT2D eigenvalue weighted by Crippen LogP contribution is 2.18. The van der Waals surface area contributed by atoms with E-state index in [9.17, 15) is 5.11 Å². The molecule has 1 rings (SSSR count). The first-order valence-corrected chi connectivity index (χ1v) is 6.70. The lowest BCUT2D eigenvalue weighted by Gasteiger charge is -2.12. The molecule has 1 N–H and O–H groups in total. The molecule has 0 saturated heterocycles. The molecule has 100 valence electrons. The highest BCUT2D eigenvalue weighted by molar-refractivity contribution is 5.13. The van der Waals surface area contributed by atoms with Crippen molar-refractivity contribution in [2.45, 2.75) is 61.0 Å². The van der Waals surface area contributed by atoms with Crippen molar-refractivity contribution in [2.24, 2.45) is 5.92 Å². The molecule has 1 heterocycles. The summed E-state index contributed by atoms with van der Waals surface area (Å²) >= 11 is 0. The number of rotatable bonds is 3. The zero-order chi connectivity index (χ0) is 13.8. The van der Waals surface area contributed by atoms with E-state index in [1.165, 1.54) is 0 Å². The second-order valence-corrected chi connectivity index (χ2v) is 3.91. The molecule has 0 aliphatic carbocycles. The van der Waals surface area contributed by atoms with Gasteiger partial charge in [0, 0.05) is 6.20 Å². The van der Waals surface area contributed by atoms with E-state index in [4.69, 9.17) is 0 Å². The SMILES string of the molecule is CC.CC.Cc1ccc(C(O)CC(C)C)nc1. The summed E-state index contributed by atoms with van der Waals surface area (Å²) < 4.78 is 0. The number of aromatic nitrogens is 1. The maximum Gasteiger partial charge on any atom is 0.0962 e. The minimum atomic E-state index is -0.416. The number of aliphatic hydroxyl groups is 1. The Labute approximate surface area is 107 Å². The zero-order valence-corrected chi connectivity index (χ0v) is 12.5. The minimum Gasteiger partial charge on any atom is -0.387 e. The molecule has 2 nitrogen and oxygen atoms in total. The number of hydrogen-bond acceptors (Lipinski definition) is 2. The van der Waals surface area contributed by atoms with E-state index in [0.717, 1.165) is 17.7 Å². The van der Waals surface area contributed by atoms with Crippen LogP contribution in [0.15, 0.2) is 18.3 Å². The Balaban J connectivity index is 0. The smallest absolute Gasteiger partial charge is 0.0962 e. The summed E-state index contributed by atoms with van der Waals surface area (Å²) in [5.74, 6) is 0.498. The van der Waals surface area contributed by atoms with Crippen LogP contribution in [0, 0.1) is 12.8 Å². The highest BCUT2D eigenvalue weighted by Gasteiger charge is 2.10. The van der Waals surface area contributed by atoms with Crippen molar-refractivity contribution in [2.75, 3.05) is 0 Å². The molecule has 17 heavy (non-hydrogen) atoms. The third-order valence-electron chi connectivity index (χ3n) is 1.97. The maximum absolute atomic E-state index is 9.72. The quantitative estimate of drug-likeness (QED) is 0.841. The predicted octanol–water partition coefficient (Wildman–Crippen LogP) is 4.52. The van der Waals surface area contributed by atoms with Crippen LogP contribution in [-0.4, -0.2) is 10.1 Å². The molecule has 1 unspecified atom stereocenters. The fourth-order valence-electron chi connectivity index (χ4n) is 1.24. The fraction of sp³-hybridized carbons (Fsp3) is 0.667. The maximum atomic E-state index is 9.72. The van der Waals surface area contributed by atoms with Gasteiger partial charge in [-0.1, -0.05) is 47.6 Å². The van der Waals surface area contributed by atoms with E-state index < -0.39 is 6.10 Å². The Bertz CT molecular complexity index is 254. The molecule has 2 heteroatoms. The van der Waals surface area contributed by atoms with E-state index in [-0.39, 0.29) is 0 Å². The summed E-state index contributed by atoms with van der Waals surface area (Å²) in [6.07, 6.45) is 2.15. The van der Waals surface area contributed by atoms with Crippen molar-refractivity contribution < 1.29 is 5.11 Å². The number of aliphatic hydroxyl groups excluding tert-OH is 1. The summed E-state index contributed by atoms with van der Waals surface area (Å²) in [6.45, 7) is 14.2. The third-order valence-corrected chi connectivity index (χ3v) is 1.97. The Morgan fingerprint density at radius 2 is 1.65 bits per heavy atom. The monoisotopic (exact) mass is 239 g/mol. The molecule has 0 bridgehead atoms. The van der Waals surface area contributed by atoms with Crippen LogP contribution in [0.25, 0.3) is 0 Å². The van der Waals surface area contributed by atoms with Gasteiger partial charge in [0.2, 0.25) is 0 Å². The van der Waals surface area contributed by atoms with Crippen LogP contribution in [0.1, 0.15) is 65.3 Å². The van der Waals surface area contributed by atoms with Gasteiger partial charge in [0.25, 0.3) is 0 Å². The lowest BCUT2D eigenvalue weighted by atomic mass is 10.0. The van der Waals surface area contributed by atoms with Gasteiger partial charge in [-0.2, -0.15) is 0 Å². The van der Waals surface area contributed by atoms with Gasteiger partial charge < -0.3 is 5.11 Å². The summed E-state index contributed by atoms with van der Waals surface area (Å²) in [5.41, 5.74) is 1.90. The molecule has 0 fully saturated rings. The van der Waals surface area contributed by atoms with E-state index in [2.05, 4.69) is 18.8 Å². The standard InChI is InChI=1S/C11H17NO.2C2H6/c1-8(2)6-11(13)10-5-4-9(3)7-12-10;2*1-2/h4-5,7-8,11,13H,6H2,1-3H3;2*1-2H3. The van der Waals surface area contributed by atoms with E-state index in [1.807, 2.05) is 46.8 Å². The number of aryl methyl sites for hydroxylation is 1. The molecule has 0 saturated carbocycles. The molecular weight excluding hydrogens is 210 g/mol. The van der Waals surface area contributed by atoms with E-state index in [0.29, 0.717) is 5.92 Å². The average molecular weight is 239 g/mol. The average Bonchev–Trinajstić information content (AvgIpc) is 2.34. The van der Waals surface area contributed by atoms with Gasteiger partial charge in [0.15, 0.2) is 0 Å². The van der Waals surface area contributed by atoms with Crippen molar-refractivity contribution in [3.05, 3.63) is 29.6 Å². The van der Waals surface area contributed by atoms with Crippen molar-refractivity contribution >= 4 is 0 Å². The first-order chi connectivity index (χ1) is 8.09. The molecular formula is C15H29NO. The number of nitrogens with zero attached hydrogens (tertiary/aromatic N) is 1.